The molecule has 8 nitrogen and oxygen atoms in total. The number of rotatable bonds is 5. The molecule has 3 aromatic rings. The number of pyridine rings is 1. The van der Waals surface area contributed by atoms with Crippen molar-refractivity contribution in [2.24, 2.45) is 0 Å². The Labute approximate surface area is 225 Å². The maximum atomic E-state index is 14.2. The fourth-order valence-electron chi connectivity index (χ4n) is 5.31. The Balaban J connectivity index is 1.43. The maximum Gasteiger partial charge on any atom is 0.471 e. The fourth-order valence-corrected chi connectivity index (χ4v) is 5.54. The number of hydrogen-bond donors (Lipinski definition) is 2. The smallest absolute Gasteiger partial charge is 0.349 e. The largest absolute Gasteiger partial charge is 0.471 e. The Morgan fingerprint density at radius 3 is 2.59 bits per heavy atom. The molecule has 1 aliphatic carbocycles. The molecule has 39 heavy (non-hydrogen) atoms. The monoisotopic (exact) mass is 565 g/mol. The van der Waals surface area contributed by atoms with E-state index in [-0.39, 0.29) is 36.9 Å². The summed E-state index contributed by atoms with van der Waals surface area (Å²) in [5.74, 6) is -4.37. The first-order chi connectivity index (χ1) is 18.5. The highest BCUT2D eigenvalue weighted by Crippen LogP contribution is 2.36. The molecule has 2 aromatic heterocycles. The number of fused-ring (bicyclic) bond motifs is 1. The molecular weight excluding hydrogens is 542 g/mol. The van der Waals surface area contributed by atoms with Crippen molar-refractivity contribution in [2.75, 3.05) is 13.1 Å². The van der Waals surface area contributed by atoms with Crippen LogP contribution in [0.1, 0.15) is 47.5 Å². The average Bonchev–Trinajstić information content (AvgIpc) is 3.33. The predicted octanol–water partition coefficient (Wildman–Crippen LogP) is 3.84. The summed E-state index contributed by atoms with van der Waals surface area (Å²) in [5.41, 5.74) is -0.255. The Morgan fingerprint density at radius 1 is 1.15 bits per heavy atom. The van der Waals surface area contributed by atoms with E-state index in [0.29, 0.717) is 29.5 Å². The van der Waals surface area contributed by atoms with Gasteiger partial charge in [0.1, 0.15) is 11.4 Å². The average molecular weight is 566 g/mol. The minimum Gasteiger partial charge on any atom is -0.349 e. The first-order valence-electron chi connectivity index (χ1n) is 12.3. The SMILES string of the molecule is O=C(c1cccn2cncc12)N1CC[C@@H](c2cc(F)cc(Cl)c2)[C@H](NC(=O)C2(NC(=O)C(F)(F)F)CCC2)C1. The molecule has 2 N–H and O–H groups in total. The van der Waals surface area contributed by atoms with E-state index >= 15 is 0 Å². The third kappa shape index (κ3) is 5.29. The summed E-state index contributed by atoms with van der Waals surface area (Å²) in [6.45, 7) is 0.275. The molecule has 3 heterocycles. The second-order valence-corrected chi connectivity index (χ2v) is 10.4. The number of nitrogens with zero attached hydrogens (tertiary/aromatic N) is 3. The lowest BCUT2D eigenvalue weighted by Crippen LogP contribution is -2.67. The van der Waals surface area contributed by atoms with Gasteiger partial charge in [-0.3, -0.25) is 14.4 Å². The zero-order valence-corrected chi connectivity index (χ0v) is 21.2. The van der Waals surface area contributed by atoms with Crippen molar-refractivity contribution in [3.05, 3.63) is 71.0 Å². The van der Waals surface area contributed by atoms with E-state index in [2.05, 4.69) is 10.3 Å². The molecule has 206 valence electrons. The van der Waals surface area contributed by atoms with Crippen molar-refractivity contribution in [1.29, 1.82) is 0 Å². The van der Waals surface area contributed by atoms with Crippen molar-refractivity contribution >= 4 is 34.8 Å². The number of alkyl halides is 3. The number of hydrogen-bond acceptors (Lipinski definition) is 4. The first-order valence-corrected chi connectivity index (χ1v) is 12.7. The number of piperidine rings is 1. The number of benzene rings is 1. The Bertz CT molecular complexity index is 1420. The van der Waals surface area contributed by atoms with Crippen molar-refractivity contribution in [1.82, 2.24) is 24.9 Å². The molecule has 1 aliphatic heterocycles. The van der Waals surface area contributed by atoms with Crippen molar-refractivity contribution < 1.29 is 31.9 Å². The van der Waals surface area contributed by atoms with Crippen LogP contribution in [0.4, 0.5) is 17.6 Å². The van der Waals surface area contributed by atoms with Gasteiger partial charge in [0.25, 0.3) is 5.91 Å². The number of imidazole rings is 1. The highest BCUT2D eigenvalue weighted by molar-refractivity contribution is 6.30. The van der Waals surface area contributed by atoms with Crippen LogP contribution in [0.2, 0.25) is 5.02 Å². The van der Waals surface area contributed by atoms with E-state index < -0.39 is 41.3 Å². The number of halogens is 5. The van der Waals surface area contributed by atoms with E-state index in [0.717, 1.165) is 6.07 Å². The topological polar surface area (TPSA) is 95.8 Å². The third-order valence-corrected chi connectivity index (χ3v) is 7.68. The molecule has 5 rings (SSSR count). The summed E-state index contributed by atoms with van der Waals surface area (Å²) >= 11 is 6.08. The molecule has 13 heteroatoms. The van der Waals surface area contributed by atoms with E-state index in [9.17, 15) is 31.9 Å². The molecule has 2 atom stereocenters. The number of carbonyl (C=O) groups excluding carboxylic acids is 3. The minimum atomic E-state index is -5.15. The van der Waals surface area contributed by atoms with Gasteiger partial charge in [-0.1, -0.05) is 11.6 Å². The second-order valence-electron chi connectivity index (χ2n) is 9.92. The molecule has 1 saturated carbocycles. The number of nitrogens with one attached hydrogen (secondary N) is 2. The third-order valence-electron chi connectivity index (χ3n) is 7.46. The van der Waals surface area contributed by atoms with Gasteiger partial charge in [0.05, 0.1) is 29.6 Å². The van der Waals surface area contributed by atoms with Crippen LogP contribution in [0.3, 0.4) is 0 Å². The van der Waals surface area contributed by atoms with Gasteiger partial charge in [-0.2, -0.15) is 13.2 Å². The molecule has 1 saturated heterocycles. The summed E-state index contributed by atoms with van der Waals surface area (Å²) in [6.07, 6.45) is 0.563. The lowest BCUT2D eigenvalue weighted by molar-refractivity contribution is -0.177. The van der Waals surface area contributed by atoms with Crippen LogP contribution in [0, 0.1) is 5.82 Å². The summed E-state index contributed by atoms with van der Waals surface area (Å²) in [4.78, 5) is 44.2. The van der Waals surface area contributed by atoms with Gasteiger partial charge in [0, 0.05) is 30.2 Å². The Hall–Kier alpha value is -3.67. The lowest BCUT2D eigenvalue weighted by Gasteiger charge is -2.44. The molecule has 0 bridgehead atoms. The van der Waals surface area contributed by atoms with Gasteiger partial charge < -0.3 is 19.9 Å². The van der Waals surface area contributed by atoms with Crippen LogP contribution >= 0.6 is 11.6 Å². The van der Waals surface area contributed by atoms with Crippen LogP contribution < -0.4 is 10.6 Å². The van der Waals surface area contributed by atoms with Crippen LogP contribution in [-0.4, -0.2) is 62.9 Å². The van der Waals surface area contributed by atoms with Crippen molar-refractivity contribution in [2.45, 2.75) is 49.4 Å². The van der Waals surface area contributed by atoms with Gasteiger partial charge in [-0.05, 0) is 61.6 Å². The molecule has 3 amide bonds. The predicted molar refractivity (Wildman–Crippen MR) is 133 cm³/mol. The molecular formula is C26H24ClF4N5O3. The number of carbonyl (C=O) groups is 3. The van der Waals surface area contributed by atoms with E-state index in [1.54, 1.807) is 41.3 Å². The van der Waals surface area contributed by atoms with Gasteiger partial charge >= 0.3 is 12.1 Å². The Kier molecular flexibility index (Phi) is 7.00. The number of aromatic nitrogens is 2. The second kappa shape index (κ2) is 10.1. The van der Waals surface area contributed by atoms with E-state index in [4.69, 9.17) is 11.6 Å². The quantitative estimate of drug-likeness (QED) is 0.460. The van der Waals surface area contributed by atoms with Crippen LogP contribution in [0.5, 0.6) is 0 Å². The zero-order chi connectivity index (χ0) is 27.9. The van der Waals surface area contributed by atoms with Crippen molar-refractivity contribution in [3.8, 4) is 0 Å². The molecule has 0 spiro atoms. The zero-order valence-electron chi connectivity index (χ0n) is 20.5. The molecule has 2 aliphatic rings. The first kappa shape index (κ1) is 26.9. The number of likely N-dealkylation sites (tertiary alicyclic amines) is 1. The summed E-state index contributed by atoms with van der Waals surface area (Å²) < 4.78 is 54.8. The van der Waals surface area contributed by atoms with E-state index in [1.807, 2.05) is 5.32 Å². The highest BCUT2D eigenvalue weighted by Gasteiger charge is 2.51. The molecule has 2 fully saturated rings. The lowest BCUT2D eigenvalue weighted by atomic mass is 9.75. The van der Waals surface area contributed by atoms with Gasteiger partial charge in [0.2, 0.25) is 5.91 Å². The van der Waals surface area contributed by atoms with Crippen LogP contribution in [0.15, 0.2) is 49.1 Å². The maximum absolute atomic E-state index is 14.2. The van der Waals surface area contributed by atoms with Gasteiger partial charge in [-0.15, -0.1) is 0 Å². The van der Waals surface area contributed by atoms with E-state index in [1.165, 1.54) is 11.0 Å². The van der Waals surface area contributed by atoms with Crippen molar-refractivity contribution in [3.63, 3.8) is 0 Å². The van der Waals surface area contributed by atoms with Gasteiger partial charge in [-0.25, -0.2) is 9.37 Å². The summed E-state index contributed by atoms with van der Waals surface area (Å²) in [6, 6.07) is 6.54. The summed E-state index contributed by atoms with van der Waals surface area (Å²) in [7, 11) is 0. The van der Waals surface area contributed by atoms with Crippen LogP contribution in [-0.2, 0) is 9.59 Å². The molecule has 0 radical (unpaired) electrons. The highest BCUT2D eigenvalue weighted by atomic mass is 35.5. The van der Waals surface area contributed by atoms with Gasteiger partial charge in [0.15, 0.2) is 0 Å². The molecule has 0 unspecified atom stereocenters. The molecule has 1 aromatic carbocycles. The Morgan fingerprint density at radius 2 is 1.92 bits per heavy atom. The normalized spacial score (nSPS) is 20.8. The standard InChI is InChI=1S/C26H24ClF4N5O3/c27-16-9-15(10-17(28)11-16)18-4-8-35(22(37)19-3-1-7-36-14-32-12-21(19)36)13-20(18)33-23(38)25(5-2-6-25)34-24(39)26(29,30)31/h1,3,7,9-12,14,18,20H,2,4-6,8,13H2,(H,33,38)(H,34,39)/t18-,20+/m0/s1. The summed E-state index contributed by atoms with van der Waals surface area (Å²) in [5, 5.41) is 4.79. The van der Waals surface area contributed by atoms with Crippen LogP contribution in [0.25, 0.3) is 5.52 Å². The fraction of sp³-hybridized carbons (Fsp3) is 0.385. The number of amides is 3. The minimum absolute atomic E-state index is 0.00185.